The lowest BCUT2D eigenvalue weighted by Gasteiger charge is -2.13. The number of nitrogens with zero attached hydrogens (tertiary/aromatic N) is 1. The van der Waals surface area contributed by atoms with Gasteiger partial charge in [0.25, 0.3) is 5.91 Å². The fourth-order valence-corrected chi connectivity index (χ4v) is 2.49. The maximum atomic E-state index is 12.4. The Morgan fingerprint density at radius 2 is 2.00 bits per heavy atom. The molecule has 2 rings (SSSR count). The van der Waals surface area contributed by atoms with Gasteiger partial charge in [0.2, 0.25) is 0 Å². The van der Waals surface area contributed by atoms with Gasteiger partial charge < -0.3 is 10.6 Å². The van der Waals surface area contributed by atoms with Gasteiger partial charge in [0.1, 0.15) is 5.82 Å². The Balaban J connectivity index is 2.22. The minimum absolute atomic E-state index is 0.173. The van der Waals surface area contributed by atoms with Gasteiger partial charge in [-0.05, 0) is 44.2 Å². The predicted octanol–water partition coefficient (Wildman–Crippen LogP) is 2.89. The van der Waals surface area contributed by atoms with Gasteiger partial charge in [-0.2, -0.15) is 0 Å². The minimum Gasteiger partial charge on any atom is -0.367 e. The molecule has 0 fully saturated rings. The van der Waals surface area contributed by atoms with Crippen LogP contribution in [-0.4, -0.2) is 27.4 Å². The van der Waals surface area contributed by atoms with Crippen molar-refractivity contribution in [2.45, 2.75) is 24.8 Å². The Bertz CT molecular complexity index is 701. The molecule has 0 aliphatic heterocycles. The minimum atomic E-state index is -1.09. The second-order valence-electron chi connectivity index (χ2n) is 5.13. The van der Waals surface area contributed by atoms with Crippen molar-refractivity contribution in [1.82, 2.24) is 4.98 Å². The SMILES string of the molecule is CC(C)Nc1ncccc1C(=O)Nc1cccc([S@](C)=O)c1. The van der Waals surface area contributed by atoms with Gasteiger partial charge in [-0.3, -0.25) is 9.00 Å². The zero-order chi connectivity index (χ0) is 16.1. The van der Waals surface area contributed by atoms with Gasteiger partial charge in [-0.25, -0.2) is 4.98 Å². The monoisotopic (exact) mass is 317 g/mol. The maximum absolute atomic E-state index is 12.4. The Hall–Kier alpha value is -2.21. The molecule has 0 aliphatic rings. The number of aromatic nitrogens is 1. The van der Waals surface area contributed by atoms with Crippen molar-refractivity contribution < 1.29 is 9.00 Å². The summed E-state index contributed by atoms with van der Waals surface area (Å²) in [7, 11) is -1.09. The van der Waals surface area contributed by atoms with Crippen LogP contribution in [0.2, 0.25) is 0 Å². The lowest BCUT2D eigenvalue weighted by atomic mass is 10.2. The molecule has 0 spiro atoms. The molecular formula is C16H19N3O2S. The van der Waals surface area contributed by atoms with E-state index in [2.05, 4.69) is 15.6 Å². The second kappa shape index (κ2) is 7.17. The molecular weight excluding hydrogens is 298 g/mol. The fraction of sp³-hybridized carbons (Fsp3) is 0.250. The predicted molar refractivity (Wildman–Crippen MR) is 89.7 cm³/mol. The number of amides is 1. The van der Waals surface area contributed by atoms with Crippen molar-refractivity contribution in [2.24, 2.45) is 0 Å². The van der Waals surface area contributed by atoms with E-state index in [9.17, 15) is 9.00 Å². The molecule has 1 heterocycles. The summed E-state index contributed by atoms with van der Waals surface area (Å²) < 4.78 is 11.5. The Morgan fingerprint density at radius 1 is 1.23 bits per heavy atom. The van der Waals surface area contributed by atoms with Crippen molar-refractivity contribution in [3.05, 3.63) is 48.2 Å². The normalized spacial score (nSPS) is 12.0. The summed E-state index contributed by atoms with van der Waals surface area (Å²) in [6.45, 7) is 3.97. The van der Waals surface area contributed by atoms with E-state index in [4.69, 9.17) is 0 Å². The largest absolute Gasteiger partial charge is 0.367 e. The average Bonchev–Trinajstić information content (AvgIpc) is 2.47. The molecule has 5 nitrogen and oxygen atoms in total. The van der Waals surface area contributed by atoms with Crippen LogP contribution in [0.15, 0.2) is 47.5 Å². The first-order valence-corrected chi connectivity index (χ1v) is 8.49. The first-order valence-electron chi connectivity index (χ1n) is 6.94. The number of carbonyl (C=O) groups excluding carboxylic acids is 1. The van der Waals surface area contributed by atoms with Crippen LogP contribution >= 0.6 is 0 Å². The smallest absolute Gasteiger partial charge is 0.259 e. The first kappa shape index (κ1) is 16.2. The van der Waals surface area contributed by atoms with E-state index in [1.165, 1.54) is 0 Å². The van der Waals surface area contributed by atoms with Crippen molar-refractivity contribution in [1.29, 1.82) is 0 Å². The van der Waals surface area contributed by atoms with E-state index >= 15 is 0 Å². The van der Waals surface area contributed by atoms with E-state index in [-0.39, 0.29) is 11.9 Å². The fourth-order valence-electron chi connectivity index (χ4n) is 1.93. The number of rotatable bonds is 5. The van der Waals surface area contributed by atoms with Crippen molar-refractivity contribution in [3.8, 4) is 0 Å². The van der Waals surface area contributed by atoms with Gasteiger partial charge in [0.15, 0.2) is 0 Å². The molecule has 0 bridgehead atoms. The van der Waals surface area contributed by atoms with Crippen LogP contribution in [0, 0.1) is 0 Å². The number of hydrogen-bond acceptors (Lipinski definition) is 4. The molecule has 1 atom stereocenters. The molecule has 1 aromatic heterocycles. The number of anilines is 2. The highest BCUT2D eigenvalue weighted by atomic mass is 32.2. The summed E-state index contributed by atoms with van der Waals surface area (Å²) in [5.74, 6) is 0.292. The first-order chi connectivity index (χ1) is 10.5. The van der Waals surface area contributed by atoms with Crippen molar-refractivity contribution in [3.63, 3.8) is 0 Å². The zero-order valence-electron chi connectivity index (χ0n) is 12.8. The van der Waals surface area contributed by atoms with Crippen LogP contribution in [0.25, 0.3) is 0 Å². The number of carbonyl (C=O) groups is 1. The van der Waals surface area contributed by atoms with Gasteiger partial charge in [0.05, 0.1) is 5.56 Å². The third kappa shape index (κ3) is 4.14. The third-order valence-electron chi connectivity index (χ3n) is 2.90. The summed E-state index contributed by atoms with van der Waals surface area (Å²) in [6, 6.07) is 10.6. The zero-order valence-corrected chi connectivity index (χ0v) is 13.6. The summed E-state index contributed by atoms with van der Waals surface area (Å²) in [5, 5.41) is 5.96. The van der Waals surface area contributed by atoms with Crippen molar-refractivity contribution in [2.75, 3.05) is 16.9 Å². The van der Waals surface area contributed by atoms with E-state index in [1.807, 2.05) is 13.8 Å². The molecule has 22 heavy (non-hydrogen) atoms. The molecule has 116 valence electrons. The van der Waals surface area contributed by atoms with Gasteiger partial charge in [-0.15, -0.1) is 0 Å². The van der Waals surface area contributed by atoms with Crippen molar-refractivity contribution >= 4 is 28.2 Å². The summed E-state index contributed by atoms with van der Waals surface area (Å²) in [4.78, 5) is 17.3. The molecule has 2 aromatic rings. The maximum Gasteiger partial charge on any atom is 0.259 e. The molecule has 1 aromatic carbocycles. The highest BCUT2D eigenvalue weighted by Crippen LogP contribution is 2.17. The van der Waals surface area contributed by atoms with Gasteiger partial charge in [0, 0.05) is 39.9 Å². The lowest BCUT2D eigenvalue weighted by Crippen LogP contribution is -2.18. The number of pyridine rings is 1. The second-order valence-corrected chi connectivity index (χ2v) is 6.51. The summed E-state index contributed by atoms with van der Waals surface area (Å²) in [6.07, 6.45) is 3.25. The van der Waals surface area contributed by atoms with Crippen LogP contribution in [0.5, 0.6) is 0 Å². The molecule has 0 aliphatic carbocycles. The Kier molecular flexibility index (Phi) is 5.27. The molecule has 0 saturated heterocycles. The molecule has 0 unspecified atom stereocenters. The van der Waals surface area contributed by atoms with Crippen LogP contribution < -0.4 is 10.6 Å². The molecule has 0 saturated carbocycles. The highest BCUT2D eigenvalue weighted by Gasteiger charge is 2.13. The molecule has 6 heteroatoms. The average molecular weight is 317 g/mol. The lowest BCUT2D eigenvalue weighted by molar-refractivity contribution is 0.102. The molecule has 2 N–H and O–H groups in total. The van der Waals surface area contributed by atoms with E-state index < -0.39 is 10.8 Å². The topological polar surface area (TPSA) is 71.1 Å². The van der Waals surface area contributed by atoms with E-state index in [1.54, 1.807) is 48.9 Å². The number of hydrogen-bond donors (Lipinski definition) is 2. The summed E-state index contributed by atoms with van der Waals surface area (Å²) >= 11 is 0. The molecule has 0 radical (unpaired) electrons. The quantitative estimate of drug-likeness (QED) is 0.889. The number of nitrogens with one attached hydrogen (secondary N) is 2. The van der Waals surface area contributed by atoms with Crippen LogP contribution in [-0.2, 0) is 10.8 Å². The highest BCUT2D eigenvalue weighted by molar-refractivity contribution is 7.84. The van der Waals surface area contributed by atoms with E-state index in [0.717, 1.165) is 0 Å². The Labute approximate surface area is 132 Å². The Morgan fingerprint density at radius 3 is 2.68 bits per heavy atom. The standard InChI is InChI=1S/C16H19N3O2S/c1-11(2)18-15-14(8-5-9-17-15)16(20)19-12-6-4-7-13(10-12)22(3)21/h4-11H,1-3H3,(H,17,18)(H,19,20)/t22-/m0/s1. The summed E-state index contributed by atoms with van der Waals surface area (Å²) in [5.41, 5.74) is 1.08. The van der Waals surface area contributed by atoms with Crippen LogP contribution in [0.1, 0.15) is 24.2 Å². The van der Waals surface area contributed by atoms with Crippen LogP contribution in [0.3, 0.4) is 0 Å². The van der Waals surface area contributed by atoms with E-state index in [0.29, 0.717) is 22.0 Å². The van der Waals surface area contributed by atoms with Gasteiger partial charge >= 0.3 is 0 Å². The van der Waals surface area contributed by atoms with Gasteiger partial charge in [-0.1, -0.05) is 6.07 Å². The molecule has 1 amide bonds. The third-order valence-corrected chi connectivity index (χ3v) is 3.82. The number of benzene rings is 1. The van der Waals surface area contributed by atoms with Crippen LogP contribution in [0.4, 0.5) is 11.5 Å².